The van der Waals surface area contributed by atoms with Crippen LogP contribution >= 0.6 is 0 Å². The maximum Gasteiger partial charge on any atom is 0.253 e. The number of likely N-dealkylation sites (tertiary alicyclic amines) is 1. The van der Waals surface area contributed by atoms with E-state index >= 15 is 0 Å². The molecule has 34 heavy (non-hydrogen) atoms. The Hall–Kier alpha value is -2.61. The van der Waals surface area contributed by atoms with Crippen LogP contribution in [-0.2, 0) is 9.47 Å². The number of nitrogens with zero attached hydrogens (tertiary/aromatic N) is 1. The number of carbonyl (C=O) groups is 1. The molecule has 2 saturated heterocycles. The summed E-state index contributed by atoms with van der Waals surface area (Å²) in [7, 11) is 1.54. The molecule has 2 aromatic carbocycles. The molecule has 2 atom stereocenters. The van der Waals surface area contributed by atoms with E-state index in [-0.39, 0.29) is 36.9 Å². The van der Waals surface area contributed by atoms with Gasteiger partial charge < -0.3 is 29.0 Å². The van der Waals surface area contributed by atoms with Gasteiger partial charge in [-0.25, -0.2) is 0 Å². The molecule has 1 spiro atoms. The zero-order valence-electron chi connectivity index (χ0n) is 20.1. The highest BCUT2D eigenvalue weighted by Gasteiger charge is 2.45. The van der Waals surface area contributed by atoms with Gasteiger partial charge in [-0.1, -0.05) is 30.3 Å². The number of methoxy groups -OCH3 is 1. The Morgan fingerprint density at radius 2 is 1.91 bits per heavy atom. The van der Waals surface area contributed by atoms with E-state index in [1.807, 2.05) is 30.0 Å². The monoisotopic (exact) mass is 469 g/mol. The minimum absolute atomic E-state index is 0.00415. The molecule has 2 fully saturated rings. The summed E-state index contributed by atoms with van der Waals surface area (Å²) in [5.41, 5.74) is 1.46. The summed E-state index contributed by atoms with van der Waals surface area (Å²) in [6.45, 7) is 4.07. The summed E-state index contributed by atoms with van der Waals surface area (Å²) in [4.78, 5) is 15.1. The summed E-state index contributed by atoms with van der Waals surface area (Å²) in [5.74, 6) is 0.961. The van der Waals surface area contributed by atoms with Gasteiger partial charge in [0.15, 0.2) is 11.5 Å². The van der Waals surface area contributed by atoms with Crippen molar-refractivity contribution in [1.82, 2.24) is 4.90 Å². The largest absolute Gasteiger partial charge is 0.493 e. The van der Waals surface area contributed by atoms with Gasteiger partial charge in [0.05, 0.1) is 31.5 Å². The molecule has 2 heterocycles. The van der Waals surface area contributed by atoms with Crippen LogP contribution in [0.15, 0.2) is 48.5 Å². The molecule has 4 rings (SSSR count). The summed E-state index contributed by atoms with van der Waals surface area (Å²) in [6.07, 6.45) is 3.43. The van der Waals surface area contributed by atoms with Gasteiger partial charge in [0, 0.05) is 38.1 Å². The molecule has 0 aliphatic carbocycles. The second kappa shape index (κ2) is 11.2. The molecular weight excluding hydrogens is 434 g/mol. The van der Waals surface area contributed by atoms with Crippen LogP contribution in [0.3, 0.4) is 0 Å². The minimum Gasteiger partial charge on any atom is -0.493 e. The van der Waals surface area contributed by atoms with Crippen molar-refractivity contribution in [2.75, 3.05) is 40.0 Å². The van der Waals surface area contributed by atoms with Crippen molar-refractivity contribution in [3.63, 3.8) is 0 Å². The van der Waals surface area contributed by atoms with Gasteiger partial charge in [-0.15, -0.1) is 0 Å². The first-order valence-corrected chi connectivity index (χ1v) is 12.1. The van der Waals surface area contributed by atoms with Gasteiger partial charge in [-0.2, -0.15) is 0 Å². The van der Waals surface area contributed by atoms with Crippen LogP contribution < -0.4 is 9.47 Å². The third-order valence-corrected chi connectivity index (χ3v) is 6.76. The number of rotatable bonds is 8. The molecule has 184 valence electrons. The van der Waals surface area contributed by atoms with Crippen LogP contribution in [-0.4, -0.2) is 67.6 Å². The van der Waals surface area contributed by atoms with Crippen molar-refractivity contribution in [2.45, 2.75) is 50.4 Å². The zero-order chi connectivity index (χ0) is 24.0. The normalized spacial score (nSPS) is 21.9. The highest BCUT2D eigenvalue weighted by atomic mass is 16.5. The molecular formula is C27H35NO6. The van der Waals surface area contributed by atoms with E-state index in [9.17, 15) is 4.79 Å². The summed E-state index contributed by atoms with van der Waals surface area (Å²) in [5, 5.41) is 8.99. The summed E-state index contributed by atoms with van der Waals surface area (Å²) in [6, 6.07) is 15.5. The molecule has 0 radical (unpaired) electrons. The maximum atomic E-state index is 13.2. The van der Waals surface area contributed by atoms with Gasteiger partial charge in [0.25, 0.3) is 5.91 Å². The van der Waals surface area contributed by atoms with Gasteiger partial charge >= 0.3 is 0 Å². The van der Waals surface area contributed by atoms with E-state index in [0.717, 1.165) is 25.7 Å². The highest BCUT2D eigenvalue weighted by molar-refractivity contribution is 5.95. The van der Waals surface area contributed by atoms with Crippen molar-refractivity contribution < 1.29 is 28.8 Å². The summed E-state index contributed by atoms with van der Waals surface area (Å²) < 4.78 is 23.7. The Balaban J connectivity index is 1.44. The average molecular weight is 470 g/mol. The Morgan fingerprint density at radius 3 is 2.59 bits per heavy atom. The quantitative estimate of drug-likeness (QED) is 0.630. The van der Waals surface area contributed by atoms with Crippen molar-refractivity contribution in [3.8, 4) is 11.5 Å². The number of ether oxygens (including phenoxy) is 4. The second-order valence-corrected chi connectivity index (χ2v) is 8.95. The number of carbonyl (C=O) groups excluding carboxylic acids is 1. The number of piperidine rings is 1. The lowest BCUT2D eigenvalue weighted by atomic mass is 9.80. The van der Waals surface area contributed by atoms with Crippen LogP contribution in [0.5, 0.6) is 11.5 Å². The molecule has 0 aromatic heterocycles. The Bertz CT molecular complexity index is 941. The Labute approximate surface area is 201 Å². The van der Waals surface area contributed by atoms with Crippen molar-refractivity contribution in [2.24, 2.45) is 0 Å². The van der Waals surface area contributed by atoms with Crippen molar-refractivity contribution in [1.29, 1.82) is 0 Å². The first-order valence-electron chi connectivity index (χ1n) is 12.1. The van der Waals surface area contributed by atoms with Gasteiger partial charge in [-0.3, -0.25) is 4.79 Å². The lowest BCUT2D eigenvalue weighted by molar-refractivity contribution is -0.190. The average Bonchev–Trinajstić information content (AvgIpc) is 2.88. The van der Waals surface area contributed by atoms with Crippen LogP contribution in [0.25, 0.3) is 0 Å². The smallest absolute Gasteiger partial charge is 0.253 e. The number of aliphatic hydroxyl groups is 1. The molecule has 1 N–H and O–H groups in total. The molecule has 7 heteroatoms. The molecule has 2 aromatic rings. The molecule has 0 saturated carbocycles. The van der Waals surface area contributed by atoms with Gasteiger partial charge in [-0.05, 0) is 43.5 Å². The fourth-order valence-electron chi connectivity index (χ4n) is 5.07. The zero-order valence-corrected chi connectivity index (χ0v) is 20.1. The number of hydrogen-bond acceptors (Lipinski definition) is 6. The van der Waals surface area contributed by atoms with Crippen molar-refractivity contribution in [3.05, 3.63) is 59.7 Å². The standard InChI is InChI=1S/C27H35NO6/c1-3-32-22-18-24(20-7-5-4-6-8-20)34-27(19-22)11-13-28(14-12-27)26(30)21-9-10-23(33-16-15-29)25(17-21)31-2/h4-10,17,22,24,29H,3,11-16,18-19H2,1-2H3/t22-,24-/m0/s1. The molecule has 2 aliphatic heterocycles. The minimum atomic E-state index is -0.283. The van der Waals surface area contributed by atoms with E-state index in [4.69, 9.17) is 24.1 Å². The highest BCUT2D eigenvalue weighted by Crippen LogP contribution is 2.44. The van der Waals surface area contributed by atoms with Crippen LogP contribution in [0.4, 0.5) is 0 Å². The maximum absolute atomic E-state index is 13.2. The Morgan fingerprint density at radius 1 is 1.15 bits per heavy atom. The fourth-order valence-corrected chi connectivity index (χ4v) is 5.07. The van der Waals surface area contributed by atoms with E-state index < -0.39 is 0 Å². The van der Waals surface area contributed by atoms with E-state index in [1.54, 1.807) is 25.3 Å². The molecule has 0 bridgehead atoms. The fraction of sp³-hybridized carbons (Fsp3) is 0.519. The van der Waals surface area contributed by atoms with E-state index in [2.05, 4.69) is 12.1 Å². The SMILES string of the molecule is CCO[C@H]1C[C@@H](c2ccccc2)OC2(CCN(C(=O)c3ccc(OCCO)c(OC)c3)CC2)C1. The van der Waals surface area contributed by atoms with Gasteiger partial charge in [0.1, 0.15) is 6.61 Å². The van der Waals surface area contributed by atoms with Crippen LogP contribution in [0.1, 0.15) is 54.6 Å². The first kappa shape index (κ1) is 24.5. The predicted molar refractivity (Wildman–Crippen MR) is 128 cm³/mol. The van der Waals surface area contributed by atoms with Crippen molar-refractivity contribution >= 4 is 5.91 Å². The topological polar surface area (TPSA) is 77.5 Å². The Kier molecular flexibility index (Phi) is 8.08. The molecule has 0 unspecified atom stereocenters. The van der Waals surface area contributed by atoms with Crippen LogP contribution in [0.2, 0.25) is 0 Å². The lowest BCUT2D eigenvalue weighted by Crippen LogP contribution is -2.52. The number of aliphatic hydroxyl groups excluding tert-OH is 1. The first-order chi connectivity index (χ1) is 16.6. The van der Waals surface area contributed by atoms with E-state index in [0.29, 0.717) is 36.8 Å². The molecule has 1 amide bonds. The van der Waals surface area contributed by atoms with Crippen LogP contribution in [0, 0.1) is 0 Å². The predicted octanol–water partition coefficient (Wildman–Crippen LogP) is 4.00. The van der Waals surface area contributed by atoms with E-state index in [1.165, 1.54) is 5.56 Å². The molecule has 2 aliphatic rings. The van der Waals surface area contributed by atoms with Gasteiger partial charge in [0.2, 0.25) is 0 Å². The second-order valence-electron chi connectivity index (χ2n) is 8.95. The third kappa shape index (κ3) is 5.54. The summed E-state index contributed by atoms with van der Waals surface area (Å²) >= 11 is 0. The number of amides is 1. The third-order valence-electron chi connectivity index (χ3n) is 6.76. The number of benzene rings is 2. The lowest BCUT2D eigenvalue weighted by Gasteiger charge is -2.48. The molecule has 7 nitrogen and oxygen atoms in total. The number of hydrogen-bond donors (Lipinski definition) is 1.